The number of carbonyl (C=O) groups excluding carboxylic acids is 1. The second kappa shape index (κ2) is 2.84. The number of rotatable bonds is 1. The van der Waals surface area contributed by atoms with Crippen LogP contribution in [0.3, 0.4) is 0 Å². The summed E-state index contributed by atoms with van der Waals surface area (Å²) in [6.07, 6.45) is 3.24. The van der Waals surface area contributed by atoms with Gasteiger partial charge in [0.05, 0.1) is 6.04 Å². The maximum Gasteiger partial charge on any atom is 0.302 e. The molecule has 0 bridgehead atoms. The number of hydrogen-bond donors (Lipinski definition) is 0. The summed E-state index contributed by atoms with van der Waals surface area (Å²) in [7, 11) is 2.07. The smallest absolute Gasteiger partial charge is 0.302 e. The van der Waals surface area contributed by atoms with Gasteiger partial charge >= 0.3 is 5.97 Å². The van der Waals surface area contributed by atoms with Gasteiger partial charge in [0.2, 0.25) is 0 Å². The Labute approximate surface area is 78.4 Å². The molecule has 0 saturated carbocycles. The molecule has 1 fully saturated rings. The van der Waals surface area contributed by atoms with Crippen molar-refractivity contribution < 1.29 is 9.53 Å². The van der Waals surface area contributed by atoms with Crippen molar-refractivity contribution in [2.24, 2.45) is 0 Å². The van der Waals surface area contributed by atoms with Crippen LogP contribution in [0.15, 0.2) is 11.6 Å². The maximum atomic E-state index is 10.8. The van der Waals surface area contributed by atoms with Crippen molar-refractivity contribution in [1.82, 2.24) is 4.90 Å². The molecule has 0 N–H and O–H groups in total. The quantitative estimate of drug-likeness (QED) is 0.342. The van der Waals surface area contributed by atoms with Crippen molar-refractivity contribution in [1.29, 1.82) is 0 Å². The van der Waals surface area contributed by atoms with E-state index in [9.17, 15) is 4.79 Å². The van der Waals surface area contributed by atoms with Crippen LogP contribution in [0.1, 0.15) is 20.3 Å². The van der Waals surface area contributed by atoms with E-state index in [1.54, 1.807) is 0 Å². The third-order valence-corrected chi connectivity index (χ3v) is 2.88. The van der Waals surface area contributed by atoms with E-state index in [2.05, 4.69) is 24.9 Å². The van der Waals surface area contributed by atoms with Crippen molar-refractivity contribution in [3.8, 4) is 0 Å². The zero-order chi connectivity index (χ0) is 9.59. The van der Waals surface area contributed by atoms with Gasteiger partial charge in [0, 0.05) is 19.4 Å². The van der Waals surface area contributed by atoms with E-state index in [1.807, 2.05) is 0 Å². The average Bonchev–Trinajstić information content (AvgIpc) is 2.60. The predicted octanol–water partition coefficient (Wildman–Crippen LogP) is 0.951. The van der Waals surface area contributed by atoms with Crippen LogP contribution in [0.5, 0.6) is 0 Å². The zero-order valence-corrected chi connectivity index (χ0v) is 8.28. The Hall–Kier alpha value is -0.830. The van der Waals surface area contributed by atoms with Crippen molar-refractivity contribution in [2.75, 3.05) is 7.05 Å². The summed E-state index contributed by atoms with van der Waals surface area (Å²) < 4.78 is 5.26. The molecule has 0 amide bonds. The van der Waals surface area contributed by atoms with Gasteiger partial charge < -0.3 is 4.74 Å². The SMILES string of the molecule is CC(=O)O[C@@H]1CC(C)=C[C@H]2[C@@H]1N2C. The number of carbonyl (C=O) groups is 1. The fourth-order valence-corrected chi connectivity index (χ4v) is 2.21. The standard InChI is InChI=1S/C10H15NO2/c1-6-4-8-10(11(8)3)9(5-6)13-7(2)12/h4,8-10H,5H2,1-3H3/t8-,9+,10-,11?/m0/s1. The highest BCUT2D eigenvalue weighted by molar-refractivity contribution is 5.66. The summed E-state index contributed by atoms with van der Waals surface area (Å²) in [5.41, 5.74) is 1.33. The summed E-state index contributed by atoms with van der Waals surface area (Å²) in [6.45, 7) is 3.57. The zero-order valence-electron chi connectivity index (χ0n) is 8.28. The Morgan fingerprint density at radius 2 is 2.38 bits per heavy atom. The molecular formula is C10H15NO2. The largest absolute Gasteiger partial charge is 0.460 e. The highest BCUT2D eigenvalue weighted by Gasteiger charge is 2.51. The van der Waals surface area contributed by atoms with Gasteiger partial charge in [0.25, 0.3) is 0 Å². The molecule has 2 rings (SSSR count). The molecule has 0 aromatic carbocycles. The number of esters is 1. The average molecular weight is 181 g/mol. The van der Waals surface area contributed by atoms with E-state index >= 15 is 0 Å². The molecule has 0 spiro atoms. The van der Waals surface area contributed by atoms with E-state index in [0.29, 0.717) is 12.1 Å². The summed E-state index contributed by atoms with van der Waals surface area (Å²) in [5, 5.41) is 0. The van der Waals surface area contributed by atoms with E-state index in [4.69, 9.17) is 4.74 Å². The second-order valence-electron chi connectivity index (χ2n) is 4.01. The summed E-state index contributed by atoms with van der Waals surface area (Å²) in [5.74, 6) is -0.168. The Morgan fingerprint density at radius 1 is 1.69 bits per heavy atom. The molecule has 0 aromatic rings. The molecule has 1 heterocycles. The normalized spacial score (nSPS) is 41.9. The van der Waals surface area contributed by atoms with Crippen LogP contribution >= 0.6 is 0 Å². The molecule has 72 valence electrons. The number of fused-ring (bicyclic) bond motifs is 1. The minimum absolute atomic E-state index is 0.0810. The minimum Gasteiger partial charge on any atom is -0.460 e. The topological polar surface area (TPSA) is 29.3 Å². The van der Waals surface area contributed by atoms with Gasteiger partial charge in [-0.3, -0.25) is 9.69 Å². The first kappa shape index (κ1) is 8.75. The van der Waals surface area contributed by atoms with Crippen LogP contribution in [0, 0.1) is 0 Å². The van der Waals surface area contributed by atoms with Gasteiger partial charge in [0.15, 0.2) is 0 Å². The molecule has 1 saturated heterocycles. The van der Waals surface area contributed by atoms with Crippen molar-refractivity contribution in [2.45, 2.75) is 38.5 Å². The lowest BCUT2D eigenvalue weighted by Crippen LogP contribution is -2.27. The molecule has 4 atom stereocenters. The molecule has 1 aliphatic heterocycles. The van der Waals surface area contributed by atoms with Crippen LogP contribution in [0.2, 0.25) is 0 Å². The Balaban J connectivity index is 2.06. The monoisotopic (exact) mass is 181 g/mol. The minimum atomic E-state index is -0.168. The van der Waals surface area contributed by atoms with Gasteiger partial charge in [-0.2, -0.15) is 0 Å². The van der Waals surface area contributed by atoms with Crippen LogP contribution in [0.25, 0.3) is 0 Å². The molecule has 3 heteroatoms. The van der Waals surface area contributed by atoms with E-state index < -0.39 is 0 Å². The Morgan fingerprint density at radius 3 is 3.00 bits per heavy atom. The lowest BCUT2D eigenvalue weighted by Gasteiger charge is -2.19. The van der Waals surface area contributed by atoms with Gasteiger partial charge in [0.1, 0.15) is 6.10 Å². The molecule has 3 nitrogen and oxygen atoms in total. The van der Waals surface area contributed by atoms with Crippen molar-refractivity contribution >= 4 is 5.97 Å². The van der Waals surface area contributed by atoms with Gasteiger partial charge in [-0.25, -0.2) is 0 Å². The first-order valence-electron chi connectivity index (χ1n) is 4.66. The molecule has 2 aliphatic rings. The molecule has 0 radical (unpaired) electrons. The summed E-state index contributed by atoms with van der Waals surface area (Å²) >= 11 is 0. The van der Waals surface area contributed by atoms with Gasteiger partial charge in [-0.15, -0.1) is 0 Å². The first-order valence-corrected chi connectivity index (χ1v) is 4.66. The highest BCUT2D eigenvalue weighted by Crippen LogP contribution is 2.38. The third kappa shape index (κ3) is 1.48. The van der Waals surface area contributed by atoms with Crippen LogP contribution in [-0.4, -0.2) is 36.1 Å². The van der Waals surface area contributed by atoms with Crippen LogP contribution < -0.4 is 0 Å². The van der Waals surface area contributed by atoms with Crippen molar-refractivity contribution in [3.05, 3.63) is 11.6 Å². The van der Waals surface area contributed by atoms with Crippen molar-refractivity contribution in [3.63, 3.8) is 0 Å². The third-order valence-electron chi connectivity index (χ3n) is 2.88. The van der Waals surface area contributed by atoms with E-state index in [-0.39, 0.29) is 12.1 Å². The second-order valence-corrected chi connectivity index (χ2v) is 4.01. The lowest BCUT2D eigenvalue weighted by atomic mass is 9.98. The Kier molecular flexibility index (Phi) is 1.91. The lowest BCUT2D eigenvalue weighted by molar-refractivity contribution is -0.146. The maximum absolute atomic E-state index is 10.8. The van der Waals surface area contributed by atoms with Gasteiger partial charge in [-0.05, 0) is 14.0 Å². The van der Waals surface area contributed by atoms with Gasteiger partial charge in [-0.1, -0.05) is 11.6 Å². The summed E-state index contributed by atoms with van der Waals surface area (Å²) in [6, 6.07) is 0.950. The first-order chi connectivity index (χ1) is 6.09. The molecule has 1 aliphatic carbocycles. The molecule has 1 unspecified atom stereocenters. The predicted molar refractivity (Wildman–Crippen MR) is 49.3 cm³/mol. The number of nitrogens with zero attached hydrogens (tertiary/aromatic N) is 1. The van der Waals surface area contributed by atoms with Crippen LogP contribution in [-0.2, 0) is 9.53 Å². The fraction of sp³-hybridized carbons (Fsp3) is 0.700. The molecule has 13 heavy (non-hydrogen) atoms. The number of ether oxygens (including phenoxy) is 1. The fourth-order valence-electron chi connectivity index (χ4n) is 2.21. The highest BCUT2D eigenvalue weighted by atomic mass is 16.5. The van der Waals surface area contributed by atoms with E-state index in [1.165, 1.54) is 12.5 Å². The molecular weight excluding hydrogens is 166 g/mol. The van der Waals surface area contributed by atoms with E-state index in [0.717, 1.165) is 6.42 Å². The Bertz CT molecular complexity index is 272. The van der Waals surface area contributed by atoms with Crippen LogP contribution in [0.4, 0.5) is 0 Å². The molecule has 0 aromatic heterocycles. The number of likely N-dealkylation sites (N-methyl/N-ethyl adjacent to an activating group) is 1. The number of hydrogen-bond acceptors (Lipinski definition) is 3. The summed E-state index contributed by atoms with van der Waals surface area (Å²) in [4.78, 5) is 13.1.